The molecule has 0 aliphatic rings. The Balaban J connectivity index is 2.07. The van der Waals surface area contributed by atoms with Crippen LogP contribution in [0.2, 0.25) is 0 Å². The van der Waals surface area contributed by atoms with Crippen molar-refractivity contribution >= 4 is 0 Å². The Morgan fingerprint density at radius 3 is 2.67 bits per heavy atom. The third kappa shape index (κ3) is 4.32. The van der Waals surface area contributed by atoms with Crippen LogP contribution in [0.4, 0.5) is 13.2 Å². The van der Waals surface area contributed by atoms with Crippen LogP contribution >= 0.6 is 0 Å². The molecule has 0 radical (unpaired) electrons. The Labute approximate surface area is 121 Å². The van der Waals surface area contributed by atoms with Gasteiger partial charge in [0.2, 0.25) is 0 Å². The molecule has 0 amide bonds. The molecule has 0 saturated heterocycles. The Morgan fingerprint density at radius 2 is 1.95 bits per heavy atom. The molecule has 3 N–H and O–H groups in total. The Bertz CT molecular complexity index is 576. The van der Waals surface area contributed by atoms with Crippen LogP contribution in [-0.4, -0.2) is 16.5 Å². The molecule has 0 atom stereocenters. The first-order chi connectivity index (χ1) is 10.0. The molecule has 0 saturated carbocycles. The summed E-state index contributed by atoms with van der Waals surface area (Å²) < 4.78 is 38.1. The largest absolute Gasteiger partial charge is 0.416 e. The minimum Gasteiger partial charge on any atom is -0.342 e. The van der Waals surface area contributed by atoms with Gasteiger partial charge in [0.05, 0.1) is 17.5 Å². The van der Waals surface area contributed by atoms with Gasteiger partial charge in [0.1, 0.15) is 5.82 Å². The average molecular weight is 297 g/mol. The van der Waals surface area contributed by atoms with Crippen molar-refractivity contribution in [3.63, 3.8) is 0 Å². The first kappa shape index (κ1) is 15.6. The van der Waals surface area contributed by atoms with Gasteiger partial charge in [0, 0.05) is 12.0 Å². The lowest BCUT2D eigenvalue weighted by atomic mass is 10.1. The molecular formula is C15H18F3N3. The summed E-state index contributed by atoms with van der Waals surface area (Å²) in [6.45, 7) is 0.674. The highest BCUT2D eigenvalue weighted by Gasteiger charge is 2.30. The zero-order valence-electron chi connectivity index (χ0n) is 11.6. The van der Waals surface area contributed by atoms with Gasteiger partial charge in [-0.3, -0.25) is 0 Å². The molecule has 0 aliphatic heterocycles. The predicted octanol–water partition coefficient (Wildman–Crippen LogP) is 3.77. The monoisotopic (exact) mass is 297 g/mol. The molecule has 2 aromatic rings. The number of halogens is 3. The van der Waals surface area contributed by atoms with E-state index < -0.39 is 11.7 Å². The Kier molecular flexibility index (Phi) is 5.01. The quantitative estimate of drug-likeness (QED) is 0.797. The fraction of sp³-hybridized carbons (Fsp3) is 0.400. The molecule has 0 unspecified atom stereocenters. The number of unbranched alkanes of at least 4 members (excludes halogenated alkanes) is 2. The van der Waals surface area contributed by atoms with Crippen molar-refractivity contribution in [2.24, 2.45) is 5.73 Å². The van der Waals surface area contributed by atoms with Crippen LogP contribution in [0.3, 0.4) is 0 Å². The highest BCUT2D eigenvalue weighted by Crippen LogP contribution is 2.31. The van der Waals surface area contributed by atoms with E-state index in [2.05, 4.69) is 9.97 Å². The van der Waals surface area contributed by atoms with Gasteiger partial charge >= 0.3 is 6.18 Å². The van der Waals surface area contributed by atoms with Gasteiger partial charge in [0.25, 0.3) is 0 Å². The van der Waals surface area contributed by atoms with E-state index in [9.17, 15) is 13.2 Å². The number of aromatic amines is 1. The molecule has 1 heterocycles. The second-order valence-electron chi connectivity index (χ2n) is 4.92. The smallest absolute Gasteiger partial charge is 0.342 e. The summed E-state index contributed by atoms with van der Waals surface area (Å²) in [6.07, 6.45) is 0.984. The van der Waals surface area contributed by atoms with Gasteiger partial charge < -0.3 is 10.7 Å². The number of hydrogen-bond donors (Lipinski definition) is 2. The minimum absolute atomic E-state index is 0.491. The van der Waals surface area contributed by atoms with Crippen molar-refractivity contribution in [1.82, 2.24) is 9.97 Å². The maximum Gasteiger partial charge on any atom is 0.416 e. The third-order valence-electron chi connectivity index (χ3n) is 3.25. The molecule has 0 fully saturated rings. The van der Waals surface area contributed by atoms with E-state index >= 15 is 0 Å². The maximum atomic E-state index is 12.7. The molecule has 0 spiro atoms. The van der Waals surface area contributed by atoms with Crippen molar-refractivity contribution < 1.29 is 13.2 Å². The fourth-order valence-electron chi connectivity index (χ4n) is 2.11. The number of alkyl halides is 3. The van der Waals surface area contributed by atoms with E-state index in [-0.39, 0.29) is 0 Å². The molecule has 1 aromatic heterocycles. The number of hydrogen-bond acceptors (Lipinski definition) is 2. The second kappa shape index (κ2) is 6.76. The lowest BCUT2D eigenvalue weighted by molar-refractivity contribution is -0.137. The van der Waals surface area contributed by atoms with Crippen LogP contribution in [0.15, 0.2) is 30.5 Å². The number of nitrogens with zero attached hydrogens (tertiary/aromatic N) is 1. The van der Waals surface area contributed by atoms with Gasteiger partial charge in [0.15, 0.2) is 0 Å². The number of rotatable bonds is 6. The molecule has 0 aliphatic carbocycles. The van der Waals surface area contributed by atoms with Crippen LogP contribution in [-0.2, 0) is 12.6 Å². The van der Waals surface area contributed by atoms with Crippen LogP contribution in [0.25, 0.3) is 11.3 Å². The number of imidazole rings is 1. The highest BCUT2D eigenvalue weighted by atomic mass is 19.4. The lowest BCUT2D eigenvalue weighted by Crippen LogP contribution is -2.04. The summed E-state index contributed by atoms with van der Waals surface area (Å²) in [5.41, 5.74) is 5.87. The molecule has 2 rings (SSSR count). The van der Waals surface area contributed by atoms with Gasteiger partial charge in [-0.15, -0.1) is 0 Å². The van der Waals surface area contributed by atoms with E-state index in [0.29, 0.717) is 17.8 Å². The second-order valence-corrected chi connectivity index (χ2v) is 4.92. The summed E-state index contributed by atoms with van der Waals surface area (Å²) in [6, 6.07) is 5.24. The van der Waals surface area contributed by atoms with Crippen LogP contribution in [0.5, 0.6) is 0 Å². The number of aryl methyl sites for hydroxylation is 1. The van der Waals surface area contributed by atoms with Crippen LogP contribution in [0, 0.1) is 0 Å². The predicted molar refractivity (Wildman–Crippen MR) is 75.6 cm³/mol. The third-order valence-corrected chi connectivity index (χ3v) is 3.25. The van der Waals surface area contributed by atoms with Crippen LogP contribution in [0.1, 0.15) is 30.7 Å². The summed E-state index contributed by atoms with van der Waals surface area (Å²) >= 11 is 0. The number of benzene rings is 1. The zero-order valence-corrected chi connectivity index (χ0v) is 11.6. The maximum absolute atomic E-state index is 12.7. The van der Waals surface area contributed by atoms with E-state index in [1.54, 1.807) is 12.3 Å². The van der Waals surface area contributed by atoms with E-state index in [0.717, 1.165) is 43.6 Å². The molecule has 21 heavy (non-hydrogen) atoms. The standard InChI is InChI=1S/C15H18F3N3/c16-15(17,18)12-6-4-5-11(9-12)13-10-20-14(21-13)7-2-1-3-8-19/h4-6,9-10H,1-3,7-8,19H2,(H,20,21). The summed E-state index contributed by atoms with van der Waals surface area (Å²) in [4.78, 5) is 7.29. The van der Waals surface area contributed by atoms with Crippen molar-refractivity contribution in [2.75, 3.05) is 6.54 Å². The van der Waals surface area contributed by atoms with Crippen molar-refractivity contribution in [3.8, 4) is 11.3 Å². The average Bonchev–Trinajstić information content (AvgIpc) is 2.92. The van der Waals surface area contributed by atoms with Gasteiger partial charge in [-0.05, 0) is 31.5 Å². The lowest BCUT2D eigenvalue weighted by Gasteiger charge is -2.07. The molecule has 6 heteroatoms. The minimum atomic E-state index is -4.33. The van der Waals surface area contributed by atoms with E-state index in [1.165, 1.54) is 6.07 Å². The number of nitrogens with two attached hydrogens (primary N) is 1. The molecule has 1 aromatic carbocycles. The van der Waals surface area contributed by atoms with Crippen LogP contribution < -0.4 is 5.73 Å². The number of aromatic nitrogens is 2. The van der Waals surface area contributed by atoms with Gasteiger partial charge in [-0.1, -0.05) is 18.6 Å². The Morgan fingerprint density at radius 1 is 1.14 bits per heavy atom. The summed E-state index contributed by atoms with van der Waals surface area (Å²) in [5, 5.41) is 0. The summed E-state index contributed by atoms with van der Waals surface area (Å²) in [7, 11) is 0. The van der Waals surface area contributed by atoms with Gasteiger partial charge in [-0.25, -0.2) is 4.98 Å². The SMILES string of the molecule is NCCCCCc1ncc(-c2cccc(C(F)(F)F)c2)[nH]1. The molecule has 114 valence electrons. The first-order valence-electron chi connectivity index (χ1n) is 6.92. The Hall–Kier alpha value is -1.82. The first-order valence-corrected chi connectivity index (χ1v) is 6.92. The van der Waals surface area contributed by atoms with Crippen molar-refractivity contribution in [1.29, 1.82) is 0 Å². The molecular weight excluding hydrogens is 279 g/mol. The van der Waals surface area contributed by atoms with E-state index in [4.69, 9.17) is 5.73 Å². The highest BCUT2D eigenvalue weighted by molar-refractivity contribution is 5.59. The van der Waals surface area contributed by atoms with Crippen molar-refractivity contribution in [3.05, 3.63) is 41.9 Å². The van der Waals surface area contributed by atoms with Gasteiger partial charge in [-0.2, -0.15) is 13.2 Å². The van der Waals surface area contributed by atoms with Crippen molar-refractivity contribution in [2.45, 2.75) is 31.9 Å². The van der Waals surface area contributed by atoms with E-state index in [1.807, 2.05) is 0 Å². The normalized spacial score (nSPS) is 11.8. The molecule has 0 bridgehead atoms. The fourth-order valence-corrected chi connectivity index (χ4v) is 2.11. The zero-order chi connectivity index (χ0) is 15.3. The topological polar surface area (TPSA) is 54.7 Å². The molecule has 3 nitrogen and oxygen atoms in total. The number of H-pyrrole nitrogens is 1. The summed E-state index contributed by atoms with van der Waals surface area (Å²) in [5.74, 6) is 0.791. The number of nitrogens with one attached hydrogen (secondary N) is 1.